The highest BCUT2D eigenvalue weighted by Crippen LogP contribution is 2.28. The van der Waals surface area contributed by atoms with Gasteiger partial charge in [-0.1, -0.05) is 20.8 Å². The number of sulfonamides is 1. The summed E-state index contributed by atoms with van der Waals surface area (Å²) in [6.45, 7) is 6.73. The van der Waals surface area contributed by atoms with Crippen molar-refractivity contribution in [2.45, 2.75) is 38.3 Å². The van der Waals surface area contributed by atoms with Crippen LogP contribution >= 0.6 is 15.9 Å². The van der Waals surface area contributed by atoms with Gasteiger partial charge in [-0.15, -0.1) is 0 Å². The Bertz CT molecular complexity index is 496. The van der Waals surface area contributed by atoms with E-state index in [0.29, 0.717) is 24.9 Å². The fourth-order valence-corrected chi connectivity index (χ4v) is 3.44. The lowest BCUT2D eigenvalue weighted by Crippen LogP contribution is -2.26. The lowest BCUT2D eigenvalue weighted by atomic mass is 10.3. The molecule has 0 radical (unpaired) electrons. The molecule has 0 amide bonds. The Morgan fingerprint density at radius 2 is 2.11 bits per heavy atom. The van der Waals surface area contributed by atoms with E-state index in [-0.39, 0.29) is 9.56 Å². The summed E-state index contributed by atoms with van der Waals surface area (Å²) in [6.07, 6.45) is 0. The topological polar surface area (TPSA) is 62.6 Å². The number of hydrogen-bond donors (Lipinski definition) is 1. The van der Waals surface area contributed by atoms with Crippen molar-refractivity contribution in [1.82, 2.24) is 9.62 Å². The molecule has 1 aromatic heterocycles. The highest BCUT2D eigenvalue weighted by molar-refractivity contribution is 9.10. The third-order valence-electron chi connectivity index (χ3n) is 2.52. The van der Waals surface area contributed by atoms with Crippen LogP contribution in [0.4, 0.5) is 0 Å². The fourth-order valence-electron chi connectivity index (χ4n) is 1.30. The van der Waals surface area contributed by atoms with E-state index in [1.54, 1.807) is 20.0 Å². The molecule has 104 valence electrons. The normalized spacial score (nSPS) is 12.6. The van der Waals surface area contributed by atoms with Crippen molar-refractivity contribution in [2.75, 3.05) is 13.6 Å². The molecule has 1 N–H and O–H groups in total. The highest BCUT2D eigenvalue weighted by atomic mass is 79.9. The molecule has 1 heterocycles. The summed E-state index contributed by atoms with van der Waals surface area (Å²) in [4.78, 5) is 0.174. The number of nitrogens with zero attached hydrogens (tertiary/aromatic N) is 1. The first kappa shape index (κ1) is 15.7. The maximum Gasteiger partial charge on any atom is 0.247 e. The largest absolute Gasteiger partial charge is 0.452 e. The van der Waals surface area contributed by atoms with Gasteiger partial charge in [0.05, 0.1) is 6.54 Å². The molecule has 0 fully saturated rings. The number of hydrogen-bond acceptors (Lipinski definition) is 4. The van der Waals surface area contributed by atoms with Crippen LogP contribution in [0.3, 0.4) is 0 Å². The van der Waals surface area contributed by atoms with E-state index in [1.807, 2.05) is 13.8 Å². The first-order valence-electron chi connectivity index (χ1n) is 5.77. The van der Waals surface area contributed by atoms with Crippen LogP contribution in [0.25, 0.3) is 0 Å². The zero-order valence-corrected chi connectivity index (χ0v) is 13.4. The summed E-state index contributed by atoms with van der Waals surface area (Å²) in [6, 6.07) is 1.87. The quantitative estimate of drug-likeness (QED) is 0.863. The minimum absolute atomic E-state index is 0.174. The standard InChI is InChI=1S/C11H19BrN2O3S/c1-5-14(4)18(15,16)10-6-9(17-11(10)12)7-13-8(2)3/h6,8,13H,5,7H2,1-4H3. The van der Waals surface area contributed by atoms with Crippen LogP contribution in [-0.4, -0.2) is 32.4 Å². The van der Waals surface area contributed by atoms with Gasteiger partial charge in [0.15, 0.2) is 4.67 Å². The zero-order valence-electron chi connectivity index (χ0n) is 11.0. The predicted molar refractivity (Wildman–Crippen MR) is 73.9 cm³/mol. The van der Waals surface area contributed by atoms with E-state index in [9.17, 15) is 8.42 Å². The zero-order chi connectivity index (χ0) is 13.9. The van der Waals surface area contributed by atoms with Crippen LogP contribution in [0.2, 0.25) is 0 Å². The van der Waals surface area contributed by atoms with Gasteiger partial charge in [-0.25, -0.2) is 12.7 Å². The van der Waals surface area contributed by atoms with Crippen molar-refractivity contribution in [2.24, 2.45) is 0 Å². The minimum Gasteiger partial charge on any atom is -0.452 e. The maximum absolute atomic E-state index is 12.2. The summed E-state index contributed by atoms with van der Waals surface area (Å²) in [5.41, 5.74) is 0. The van der Waals surface area contributed by atoms with Crippen molar-refractivity contribution >= 4 is 26.0 Å². The molecule has 0 aliphatic carbocycles. The third-order valence-corrected chi connectivity index (χ3v) is 5.31. The summed E-state index contributed by atoms with van der Waals surface area (Å²) in [5.74, 6) is 0.596. The lowest BCUT2D eigenvalue weighted by molar-refractivity contribution is 0.444. The summed E-state index contributed by atoms with van der Waals surface area (Å²) in [7, 11) is -1.93. The molecule has 1 rings (SSSR count). The van der Waals surface area contributed by atoms with Crippen LogP contribution in [-0.2, 0) is 16.6 Å². The van der Waals surface area contributed by atoms with Crippen molar-refractivity contribution < 1.29 is 12.8 Å². The van der Waals surface area contributed by atoms with E-state index in [2.05, 4.69) is 21.2 Å². The van der Waals surface area contributed by atoms with Crippen molar-refractivity contribution in [3.05, 3.63) is 16.5 Å². The second-order valence-corrected chi connectivity index (χ2v) is 7.04. The Kier molecular flexibility index (Phi) is 5.39. The van der Waals surface area contributed by atoms with Gasteiger partial charge in [0.1, 0.15) is 10.7 Å². The van der Waals surface area contributed by atoms with E-state index >= 15 is 0 Å². The first-order chi connectivity index (χ1) is 8.28. The molecule has 7 heteroatoms. The molecule has 0 unspecified atom stereocenters. The van der Waals surface area contributed by atoms with Crippen LogP contribution in [0.15, 0.2) is 20.0 Å². The number of rotatable bonds is 6. The molecule has 1 aromatic rings. The molecular formula is C11H19BrN2O3S. The molecule has 0 saturated heterocycles. The van der Waals surface area contributed by atoms with Gasteiger partial charge in [-0.2, -0.15) is 0 Å². The van der Waals surface area contributed by atoms with Crippen molar-refractivity contribution in [3.8, 4) is 0 Å². The average Bonchev–Trinajstić information content (AvgIpc) is 2.67. The monoisotopic (exact) mass is 338 g/mol. The molecule has 0 aliphatic rings. The smallest absolute Gasteiger partial charge is 0.247 e. The summed E-state index contributed by atoms with van der Waals surface area (Å²) >= 11 is 3.16. The van der Waals surface area contributed by atoms with Crippen molar-refractivity contribution in [3.63, 3.8) is 0 Å². The average molecular weight is 339 g/mol. The van der Waals surface area contributed by atoms with Crippen LogP contribution in [0.5, 0.6) is 0 Å². The van der Waals surface area contributed by atoms with Gasteiger partial charge in [0, 0.05) is 25.7 Å². The Labute approximate surface area is 117 Å². The Balaban J connectivity index is 2.98. The highest BCUT2D eigenvalue weighted by Gasteiger charge is 2.25. The Hall–Kier alpha value is -0.370. The molecule has 0 aliphatic heterocycles. The second kappa shape index (κ2) is 6.18. The van der Waals surface area contributed by atoms with Crippen molar-refractivity contribution in [1.29, 1.82) is 0 Å². The van der Waals surface area contributed by atoms with Gasteiger partial charge < -0.3 is 9.73 Å². The Morgan fingerprint density at radius 3 is 2.61 bits per heavy atom. The molecule has 0 spiro atoms. The third kappa shape index (κ3) is 3.57. The molecule has 5 nitrogen and oxygen atoms in total. The van der Waals surface area contributed by atoms with E-state index in [4.69, 9.17) is 4.42 Å². The van der Waals surface area contributed by atoms with E-state index < -0.39 is 10.0 Å². The number of halogens is 1. The molecule has 0 atom stereocenters. The van der Waals surface area contributed by atoms with E-state index in [0.717, 1.165) is 0 Å². The van der Waals surface area contributed by atoms with Crippen LogP contribution in [0, 0.1) is 0 Å². The van der Waals surface area contributed by atoms with E-state index in [1.165, 1.54) is 4.31 Å². The molecule has 0 saturated carbocycles. The lowest BCUT2D eigenvalue weighted by Gasteiger charge is -2.13. The molecule has 18 heavy (non-hydrogen) atoms. The first-order valence-corrected chi connectivity index (χ1v) is 8.00. The maximum atomic E-state index is 12.2. The molecule has 0 aromatic carbocycles. The molecule has 0 bridgehead atoms. The summed E-state index contributed by atoms with van der Waals surface area (Å²) < 4.78 is 31.2. The van der Waals surface area contributed by atoms with Gasteiger partial charge in [0.2, 0.25) is 10.0 Å². The molecular weight excluding hydrogens is 320 g/mol. The second-order valence-electron chi connectivity index (χ2n) is 4.31. The summed E-state index contributed by atoms with van der Waals surface area (Å²) in [5, 5.41) is 3.17. The SMILES string of the molecule is CCN(C)S(=O)(=O)c1cc(CNC(C)C)oc1Br. The predicted octanol–water partition coefficient (Wildman–Crippen LogP) is 2.18. The van der Waals surface area contributed by atoms with Gasteiger partial charge in [0.25, 0.3) is 0 Å². The van der Waals surface area contributed by atoms with Gasteiger partial charge in [-0.05, 0) is 15.9 Å². The number of nitrogens with one attached hydrogen (secondary N) is 1. The number of furan rings is 1. The Morgan fingerprint density at radius 1 is 1.50 bits per heavy atom. The van der Waals surface area contributed by atoms with Crippen LogP contribution in [0.1, 0.15) is 26.5 Å². The minimum atomic E-state index is -3.47. The fraction of sp³-hybridized carbons (Fsp3) is 0.636. The van der Waals surface area contributed by atoms with Gasteiger partial charge in [-0.3, -0.25) is 0 Å². The van der Waals surface area contributed by atoms with Gasteiger partial charge >= 0.3 is 0 Å². The van der Waals surface area contributed by atoms with Crippen LogP contribution < -0.4 is 5.32 Å².